The summed E-state index contributed by atoms with van der Waals surface area (Å²) in [6.07, 6.45) is 2.39. The lowest BCUT2D eigenvalue weighted by Gasteiger charge is -2.36. The van der Waals surface area contributed by atoms with Crippen LogP contribution in [-0.4, -0.2) is 78.4 Å². The zero-order chi connectivity index (χ0) is 32.2. The highest BCUT2D eigenvalue weighted by Gasteiger charge is 2.30. The molecule has 1 aliphatic heterocycles. The molecule has 0 fully saturated rings. The predicted octanol–water partition coefficient (Wildman–Crippen LogP) is 6.26. The number of aliphatic hydroxyl groups is 1. The van der Waals surface area contributed by atoms with Gasteiger partial charge in [0.25, 0.3) is 5.91 Å². The molecular weight excluding hydrogens is 568 g/mol. The van der Waals surface area contributed by atoms with E-state index in [0.717, 1.165) is 25.8 Å². The molecule has 9 nitrogen and oxygen atoms in total. The standard InChI is InChI=1S/C36H48N4O5/c1-26-22-40(27(2)25-41)35(42)32-21-31(38-36(43)37-30-16-9-6-10-17-30)18-19-33(32)45-28(3)13-11-12-20-44-34(26)24-39(4)23-29-14-7-5-8-15-29/h5-10,14-19,21,26-28,34,41H,11-13,20,22-25H2,1-4H3,(H2,37,38,43)/t26-,27+,28-,34+/m1/s1. The van der Waals surface area contributed by atoms with E-state index in [0.29, 0.717) is 42.4 Å². The normalized spacial score (nSPS) is 20.4. The van der Waals surface area contributed by atoms with E-state index in [1.54, 1.807) is 35.2 Å². The number of benzene rings is 3. The summed E-state index contributed by atoms with van der Waals surface area (Å²) in [4.78, 5) is 31.0. The third-order valence-corrected chi connectivity index (χ3v) is 8.13. The molecule has 0 aliphatic carbocycles. The summed E-state index contributed by atoms with van der Waals surface area (Å²) in [5.41, 5.74) is 2.68. The van der Waals surface area contributed by atoms with E-state index in [2.05, 4.69) is 41.6 Å². The van der Waals surface area contributed by atoms with Gasteiger partial charge in [0.05, 0.1) is 30.4 Å². The van der Waals surface area contributed by atoms with Crippen LogP contribution in [0.15, 0.2) is 78.9 Å². The molecule has 1 heterocycles. The number of nitrogens with zero attached hydrogens (tertiary/aromatic N) is 2. The second-order valence-electron chi connectivity index (χ2n) is 12.1. The average Bonchev–Trinajstić information content (AvgIpc) is 3.03. The smallest absolute Gasteiger partial charge is 0.323 e. The summed E-state index contributed by atoms with van der Waals surface area (Å²) < 4.78 is 12.8. The molecule has 45 heavy (non-hydrogen) atoms. The summed E-state index contributed by atoms with van der Waals surface area (Å²) in [6.45, 7) is 8.24. The molecule has 3 N–H and O–H groups in total. The minimum absolute atomic E-state index is 0.0228. The molecule has 0 unspecified atom stereocenters. The highest BCUT2D eigenvalue weighted by Crippen LogP contribution is 2.29. The Bertz CT molecular complexity index is 1360. The van der Waals surface area contributed by atoms with Gasteiger partial charge in [0.2, 0.25) is 0 Å². The molecule has 0 radical (unpaired) electrons. The number of nitrogens with one attached hydrogen (secondary N) is 2. The number of amides is 3. The Morgan fingerprint density at radius 1 is 1.00 bits per heavy atom. The number of fused-ring (bicyclic) bond motifs is 1. The molecule has 9 heteroatoms. The number of rotatable bonds is 8. The molecule has 242 valence electrons. The molecule has 1 aliphatic rings. The van der Waals surface area contributed by atoms with Crippen LogP contribution in [0.5, 0.6) is 5.75 Å². The third-order valence-electron chi connectivity index (χ3n) is 8.13. The van der Waals surface area contributed by atoms with Gasteiger partial charge in [-0.2, -0.15) is 0 Å². The van der Waals surface area contributed by atoms with Gasteiger partial charge in [0, 0.05) is 43.5 Å². The summed E-state index contributed by atoms with van der Waals surface area (Å²) in [7, 11) is 2.09. The number of para-hydroxylation sites is 1. The number of aliphatic hydroxyl groups excluding tert-OH is 1. The Morgan fingerprint density at radius 3 is 2.40 bits per heavy atom. The number of likely N-dealkylation sites (N-methyl/N-ethyl adjacent to an activating group) is 1. The fraction of sp³-hybridized carbons (Fsp3) is 0.444. The van der Waals surface area contributed by atoms with Crippen molar-refractivity contribution in [3.05, 3.63) is 90.0 Å². The maximum absolute atomic E-state index is 14.3. The Balaban J connectivity index is 1.59. The van der Waals surface area contributed by atoms with Crippen molar-refractivity contribution in [2.75, 3.05) is 44.0 Å². The van der Waals surface area contributed by atoms with Gasteiger partial charge >= 0.3 is 6.03 Å². The van der Waals surface area contributed by atoms with Crippen molar-refractivity contribution in [1.29, 1.82) is 0 Å². The molecule has 4 atom stereocenters. The van der Waals surface area contributed by atoms with Gasteiger partial charge in [0.15, 0.2) is 0 Å². The van der Waals surface area contributed by atoms with E-state index in [9.17, 15) is 14.7 Å². The molecule has 0 spiro atoms. The van der Waals surface area contributed by atoms with Crippen molar-refractivity contribution in [2.24, 2.45) is 5.92 Å². The largest absolute Gasteiger partial charge is 0.490 e. The topological polar surface area (TPSA) is 103 Å². The maximum Gasteiger partial charge on any atom is 0.323 e. The molecule has 3 aromatic carbocycles. The first-order valence-electron chi connectivity index (χ1n) is 15.9. The minimum Gasteiger partial charge on any atom is -0.490 e. The van der Waals surface area contributed by atoms with Gasteiger partial charge in [0.1, 0.15) is 5.75 Å². The lowest BCUT2D eigenvalue weighted by molar-refractivity contribution is -0.0177. The second kappa shape index (κ2) is 17.0. The van der Waals surface area contributed by atoms with Crippen LogP contribution in [0, 0.1) is 5.92 Å². The SMILES string of the molecule is C[C@@H]1CCCCO[C@@H](CN(C)Cc2ccccc2)[C@H](C)CN([C@@H](C)CO)C(=O)c2cc(NC(=O)Nc3ccccc3)ccc2O1. The van der Waals surface area contributed by atoms with Crippen molar-refractivity contribution in [1.82, 2.24) is 9.80 Å². The van der Waals surface area contributed by atoms with Crippen molar-refractivity contribution < 1.29 is 24.2 Å². The number of hydrogen-bond donors (Lipinski definition) is 3. The number of hydrogen-bond acceptors (Lipinski definition) is 6. The van der Waals surface area contributed by atoms with Crippen LogP contribution in [0.3, 0.4) is 0 Å². The fourth-order valence-electron chi connectivity index (χ4n) is 5.54. The van der Waals surface area contributed by atoms with Crippen molar-refractivity contribution in [2.45, 2.75) is 64.8 Å². The molecular formula is C36H48N4O5. The van der Waals surface area contributed by atoms with Crippen molar-refractivity contribution in [3.8, 4) is 5.75 Å². The number of carbonyl (C=O) groups is 2. The Morgan fingerprint density at radius 2 is 1.69 bits per heavy atom. The number of carbonyl (C=O) groups excluding carboxylic acids is 2. The maximum atomic E-state index is 14.3. The Labute approximate surface area is 267 Å². The second-order valence-corrected chi connectivity index (χ2v) is 12.1. The lowest BCUT2D eigenvalue weighted by atomic mass is 10.0. The van der Waals surface area contributed by atoms with Gasteiger partial charge in [-0.05, 0) is 76.1 Å². The highest BCUT2D eigenvalue weighted by atomic mass is 16.5. The van der Waals surface area contributed by atoms with Gasteiger partial charge in [-0.1, -0.05) is 55.5 Å². The minimum atomic E-state index is -0.446. The first-order valence-corrected chi connectivity index (χ1v) is 15.9. The van der Waals surface area contributed by atoms with E-state index < -0.39 is 12.1 Å². The molecule has 0 saturated heterocycles. The third kappa shape index (κ3) is 10.3. The first kappa shape index (κ1) is 34.0. The Kier molecular flexibility index (Phi) is 12.8. The average molecular weight is 617 g/mol. The van der Waals surface area contributed by atoms with Crippen LogP contribution >= 0.6 is 0 Å². The molecule has 3 amide bonds. The summed E-state index contributed by atoms with van der Waals surface area (Å²) in [5.74, 6) is 0.160. The van der Waals surface area contributed by atoms with E-state index in [1.807, 2.05) is 50.2 Å². The van der Waals surface area contributed by atoms with Gasteiger partial charge in [-0.25, -0.2) is 4.79 Å². The fourth-order valence-corrected chi connectivity index (χ4v) is 5.54. The van der Waals surface area contributed by atoms with Crippen LogP contribution in [0.25, 0.3) is 0 Å². The van der Waals surface area contributed by atoms with E-state index >= 15 is 0 Å². The molecule has 0 saturated carbocycles. The molecule has 4 rings (SSSR count). The quantitative estimate of drug-likeness (QED) is 0.276. The molecule has 3 aromatic rings. The highest BCUT2D eigenvalue weighted by molar-refractivity contribution is 6.02. The van der Waals surface area contributed by atoms with E-state index in [-0.39, 0.29) is 30.6 Å². The van der Waals surface area contributed by atoms with Crippen molar-refractivity contribution >= 4 is 23.3 Å². The van der Waals surface area contributed by atoms with E-state index in [4.69, 9.17) is 9.47 Å². The number of anilines is 2. The summed E-state index contributed by atoms with van der Waals surface area (Å²) in [5, 5.41) is 15.9. The van der Waals surface area contributed by atoms with Gasteiger partial charge in [-0.3, -0.25) is 9.69 Å². The summed E-state index contributed by atoms with van der Waals surface area (Å²) in [6, 6.07) is 23.8. The molecule has 0 aromatic heterocycles. The predicted molar refractivity (Wildman–Crippen MR) is 179 cm³/mol. The van der Waals surface area contributed by atoms with Crippen LogP contribution in [0.1, 0.15) is 56.0 Å². The van der Waals surface area contributed by atoms with Crippen molar-refractivity contribution in [3.63, 3.8) is 0 Å². The van der Waals surface area contributed by atoms with E-state index in [1.165, 1.54) is 5.56 Å². The van der Waals surface area contributed by atoms with Crippen LogP contribution < -0.4 is 15.4 Å². The first-order chi connectivity index (χ1) is 21.7. The van der Waals surface area contributed by atoms with Crippen LogP contribution in [0.4, 0.5) is 16.2 Å². The summed E-state index contributed by atoms with van der Waals surface area (Å²) >= 11 is 0. The van der Waals surface area contributed by atoms with Gasteiger partial charge < -0.3 is 30.1 Å². The lowest BCUT2D eigenvalue weighted by Crippen LogP contribution is -2.47. The number of ether oxygens (including phenoxy) is 2. The Hall–Kier alpha value is -3.92. The van der Waals surface area contributed by atoms with Crippen LogP contribution in [-0.2, 0) is 11.3 Å². The van der Waals surface area contributed by atoms with Crippen LogP contribution in [0.2, 0.25) is 0 Å². The zero-order valence-corrected chi connectivity index (χ0v) is 26.9. The van der Waals surface area contributed by atoms with Gasteiger partial charge in [-0.15, -0.1) is 0 Å². The molecule has 0 bridgehead atoms. The zero-order valence-electron chi connectivity index (χ0n) is 26.9. The monoisotopic (exact) mass is 616 g/mol. The number of urea groups is 1.